The molecule has 1 aliphatic rings. The fraction of sp³-hybridized carbons (Fsp3) is 1.00. The van der Waals surface area contributed by atoms with Crippen molar-refractivity contribution >= 4 is 11.8 Å². The van der Waals surface area contributed by atoms with Crippen LogP contribution in [0.15, 0.2) is 0 Å². The van der Waals surface area contributed by atoms with Gasteiger partial charge in [-0.3, -0.25) is 4.90 Å². The molecular formula is C13H28N2S. The number of thioether (sulfide) groups is 1. The molecule has 16 heavy (non-hydrogen) atoms. The summed E-state index contributed by atoms with van der Waals surface area (Å²) in [6, 6.07) is 0.618. The van der Waals surface area contributed by atoms with Gasteiger partial charge in [0.15, 0.2) is 0 Å². The average molecular weight is 244 g/mol. The smallest absolute Gasteiger partial charge is 0.0226 e. The second-order valence-corrected chi connectivity index (χ2v) is 6.08. The molecule has 1 heterocycles. The van der Waals surface area contributed by atoms with E-state index in [4.69, 9.17) is 5.73 Å². The highest BCUT2D eigenvalue weighted by atomic mass is 32.2. The first-order valence-corrected chi connectivity index (χ1v) is 8.03. The van der Waals surface area contributed by atoms with Gasteiger partial charge < -0.3 is 5.73 Å². The van der Waals surface area contributed by atoms with Crippen LogP contribution in [0, 0.1) is 5.41 Å². The van der Waals surface area contributed by atoms with Crippen molar-refractivity contribution < 1.29 is 0 Å². The van der Waals surface area contributed by atoms with E-state index in [1.165, 1.54) is 44.5 Å². The minimum atomic E-state index is 0.590. The van der Waals surface area contributed by atoms with Gasteiger partial charge in [0.25, 0.3) is 0 Å². The molecule has 1 saturated heterocycles. The van der Waals surface area contributed by atoms with Crippen molar-refractivity contribution in [2.24, 2.45) is 11.1 Å². The lowest BCUT2D eigenvalue weighted by Crippen LogP contribution is -2.40. The van der Waals surface area contributed by atoms with Crippen LogP contribution in [0.5, 0.6) is 0 Å². The first-order chi connectivity index (χ1) is 7.71. The third-order valence-electron chi connectivity index (χ3n) is 4.41. The van der Waals surface area contributed by atoms with Crippen molar-refractivity contribution in [2.45, 2.75) is 45.6 Å². The van der Waals surface area contributed by atoms with Gasteiger partial charge in [-0.15, -0.1) is 0 Å². The maximum absolute atomic E-state index is 5.91. The molecule has 96 valence electrons. The van der Waals surface area contributed by atoms with Crippen LogP contribution in [0.3, 0.4) is 0 Å². The Kier molecular flexibility index (Phi) is 6.16. The number of rotatable bonds is 7. The first kappa shape index (κ1) is 14.3. The van der Waals surface area contributed by atoms with Gasteiger partial charge in [-0.1, -0.05) is 13.8 Å². The van der Waals surface area contributed by atoms with E-state index in [9.17, 15) is 0 Å². The number of likely N-dealkylation sites (tertiary alicyclic amines) is 1. The van der Waals surface area contributed by atoms with Crippen molar-refractivity contribution in [1.82, 2.24) is 4.90 Å². The van der Waals surface area contributed by atoms with Crippen LogP contribution in [0.1, 0.15) is 39.5 Å². The summed E-state index contributed by atoms with van der Waals surface area (Å²) in [6.07, 6.45) is 7.44. The predicted octanol–water partition coefficient (Wildman–Crippen LogP) is 2.58. The fourth-order valence-electron chi connectivity index (χ4n) is 2.81. The molecule has 0 spiro atoms. The molecule has 1 aliphatic heterocycles. The molecule has 0 aromatic heterocycles. The van der Waals surface area contributed by atoms with Crippen molar-refractivity contribution in [1.29, 1.82) is 0 Å². The van der Waals surface area contributed by atoms with Gasteiger partial charge in [-0.2, -0.15) is 11.8 Å². The van der Waals surface area contributed by atoms with Gasteiger partial charge in [-0.05, 0) is 49.7 Å². The van der Waals surface area contributed by atoms with Crippen LogP contribution in [0.25, 0.3) is 0 Å². The molecule has 0 saturated carbocycles. The van der Waals surface area contributed by atoms with Crippen LogP contribution < -0.4 is 5.73 Å². The highest BCUT2D eigenvalue weighted by molar-refractivity contribution is 7.98. The molecule has 0 aliphatic carbocycles. The standard InChI is InChI=1S/C13H28N2S/c1-4-13(5-2)7-8-15(11-13)12(10-14)6-9-16-3/h12H,4-11,14H2,1-3H3. The molecule has 0 radical (unpaired) electrons. The van der Waals surface area contributed by atoms with Crippen LogP contribution in [0.2, 0.25) is 0 Å². The van der Waals surface area contributed by atoms with Crippen LogP contribution in [-0.2, 0) is 0 Å². The van der Waals surface area contributed by atoms with E-state index in [-0.39, 0.29) is 0 Å². The molecule has 1 fully saturated rings. The molecule has 1 unspecified atom stereocenters. The molecule has 0 aromatic carbocycles. The molecule has 0 amide bonds. The zero-order chi connectivity index (χ0) is 12.0. The van der Waals surface area contributed by atoms with E-state index in [1.807, 2.05) is 11.8 Å². The van der Waals surface area contributed by atoms with Crippen LogP contribution in [-0.4, -0.2) is 42.6 Å². The Morgan fingerprint density at radius 2 is 2.06 bits per heavy atom. The number of hydrogen-bond acceptors (Lipinski definition) is 3. The number of hydrogen-bond donors (Lipinski definition) is 1. The Morgan fingerprint density at radius 1 is 1.38 bits per heavy atom. The highest BCUT2D eigenvalue weighted by Gasteiger charge is 2.36. The molecule has 1 rings (SSSR count). The lowest BCUT2D eigenvalue weighted by atomic mass is 9.82. The average Bonchev–Trinajstić information content (AvgIpc) is 2.75. The maximum atomic E-state index is 5.91. The number of nitrogens with zero attached hydrogens (tertiary/aromatic N) is 1. The van der Waals surface area contributed by atoms with Gasteiger partial charge in [-0.25, -0.2) is 0 Å². The topological polar surface area (TPSA) is 29.3 Å². The summed E-state index contributed by atoms with van der Waals surface area (Å²) < 4.78 is 0. The Morgan fingerprint density at radius 3 is 2.50 bits per heavy atom. The van der Waals surface area contributed by atoms with Crippen molar-refractivity contribution in [3.05, 3.63) is 0 Å². The lowest BCUT2D eigenvalue weighted by Gasteiger charge is -2.30. The highest BCUT2D eigenvalue weighted by Crippen LogP contribution is 2.38. The summed E-state index contributed by atoms with van der Waals surface area (Å²) >= 11 is 1.93. The van der Waals surface area contributed by atoms with Crippen LogP contribution >= 0.6 is 11.8 Å². The molecule has 2 nitrogen and oxygen atoms in total. The predicted molar refractivity (Wildman–Crippen MR) is 75.0 cm³/mol. The van der Waals surface area contributed by atoms with Gasteiger partial charge in [0, 0.05) is 19.1 Å². The van der Waals surface area contributed by atoms with E-state index in [0.29, 0.717) is 11.5 Å². The lowest BCUT2D eigenvalue weighted by molar-refractivity contribution is 0.194. The second-order valence-electron chi connectivity index (χ2n) is 5.10. The molecule has 0 aromatic rings. The van der Waals surface area contributed by atoms with Crippen molar-refractivity contribution in [3.8, 4) is 0 Å². The van der Waals surface area contributed by atoms with Crippen LogP contribution in [0.4, 0.5) is 0 Å². The van der Waals surface area contributed by atoms with E-state index in [1.54, 1.807) is 0 Å². The Balaban J connectivity index is 2.49. The molecule has 0 bridgehead atoms. The summed E-state index contributed by atoms with van der Waals surface area (Å²) in [5, 5.41) is 0. The van der Waals surface area contributed by atoms with E-state index in [2.05, 4.69) is 25.0 Å². The summed E-state index contributed by atoms with van der Waals surface area (Å²) in [6.45, 7) is 8.04. The molecule has 3 heteroatoms. The Hall–Kier alpha value is 0.270. The van der Waals surface area contributed by atoms with Gasteiger partial charge in [0.1, 0.15) is 0 Å². The molecule has 1 atom stereocenters. The maximum Gasteiger partial charge on any atom is 0.0226 e. The minimum absolute atomic E-state index is 0.590. The second kappa shape index (κ2) is 6.87. The van der Waals surface area contributed by atoms with Gasteiger partial charge in [0.05, 0.1) is 0 Å². The third-order valence-corrected chi connectivity index (χ3v) is 5.06. The number of nitrogens with two attached hydrogens (primary N) is 1. The van der Waals surface area contributed by atoms with Crippen molar-refractivity contribution in [2.75, 3.05) is 31.6 Å². The van der Waals surface area contributed by atoms with Gasteiger partial charge in [0.2, 0.25) is 0 Å². The molecule has 2 N–H and O–H groups in total. The Bertz CT molecular complexity index is 192. The zero-order valence-electron chi connectivity index (χ0n) is 11.2. The summed E-state index contributed by atoms with van der Waals surface area (Å²) in [7, 11) is 0. The monoisotopic (exact) mass is 244 g/mol. The SMILES string of the molecule is CCC1(CC)CCN(C(CN)CCSC)C1. The van der Waals surface area contributed by atoms with Gasteiger partial charge >= 0.3 is 0 Å². The zero-order valence-corrected chi connectivity index (χ0v) is 12.0. The van der Waals surface area contributed by atoms with E-state index >= 15 is 0 Å². The first-order valence-electron chi connectivity index (χ1n) is 6.64. The summed E-state index contributed by atoms with van der Waals surface area (Å²) in [5.74, 6) is 1.24. The third kappa shape index (κ3) is 3.38. The van der Waals surface area contributed by atoms with E-state index in [0.717, 1.165) is 6.54 Å². The minimum Gasteiger partial charge on any atom is -0.329 e. The quantitative estimate of drug-likeness (QED) is 0.746. The summed E-state index contributed by atoms with van der Waals surface area (Å²) in [5.41, 5.74) is 6.50. The largest absolute Gasteiger partial charge is 0.329 e. The Labute approximate surface area is 105 Å². The molecular weight excluding hydrogens is 216 g/mol. The van der Waals surface area contributed by atoms with E-state index < -0.39 is 0 Å². The normalized spacial score (nSPS) is 22.5. The summed E-state index contributed by atoms with van der Waals surface area (Å²) in [4.78, 5) is 2.64. The fourth-order valence-corrected chi connectivity index (χ4v) is 3.32. The van der Waals surface area contributed by atoms with Crippen molar-refractivity contribution in [3.63, 3.8) is 0 Å².